The van der Waals surface area contributed by atoms with E-state index in [1.165, 1.54) is 0 Å². The van der Waals surface area contributed by atoms with Crippen molar-refractivity contribution in [2.24, 2.45) is 29.4 Å². The summed E-state index contributed by atoms with van der Waals surface area (Å²) in [4.78, 5) is 53.9. The lowest BCUT2D eigenvalue weighted by molar-refractivity contribution is -0.155. The van der Waals surface area contributed by atoms with E-state index in [9.17, 15) is 39.6 Å². The number of benzene rings is 1. The zero-order valence-corrected chi connectivity index (χ0v) is 22.9. The number of rotatable bonds is 6. The summed E-state index contributed by atoms with van der Waals surface area (Å²) >= 11 is 0. The van der Waals surface area contributed by atoms with Crippen molar-refractivity contribution in [1.29, 1.82) is 0 Å². The van der Waals surface area contributed by atoms with Gasteiger partial charge in [0.05, 0.1) is 17.8 Å². The highest BCUT2D eigenvalue weighted by atomic mass is 19.1. The molecule has 1 aromatic rings. The third-order valence-electron chi connectivity index (χ3n) is 9.29. The fourth-order valence-electron chi connectivity index (χ4n) is 7.08. The van der Waals surface area contributed by atoms with Gasteiger partial charge in [0.25, 0.3) is 5.91 Å². The number of likely N-dealkylation sites (tertiary alicyclic amines) is 1. The molecule has 2 amide bonds. The van der Waals surface area contributed by atoms with Crippen LogP contribution in [0.25, 0.3) is 5.76 Å². The van der Waals surface area contributed by atoms with Gasteiger partial charge in [0.15, 0.2) is 17.1 Å². The van der Waals surface area contributed by atoms with Crippen molar-refractivity contribution in [2.75, 3.05) is 25.0 Å². The summed E-state index contributed by atoms with van der Waals surface area (Å²) in [6, 6.07) is 0.953. The summed E-state index contributed by atoms with van der Waals surface area (Å²) < 4.78 is 15.4. The average molecular weight is 572 g/mol. The number of Topliss-reactive ketones (excluding diaryl/α,β-unsaturated/α-hetero) is 2. The highest BCUT2D eigenvalue weighted by molar-refractivity contribution is 6.23. The minimum atomic E-state index is -2.75. The molecule has 11 nitrogen and oxygen atoms in total. The molecule has 3 aliphatic carbocycles. The molecule has 220 valence electrons. The van der Waals surface area contributed by atoms with Crippen LogP contribution in [0.2, 0.25) is 0 Å². The van der Waals surface area contributed by atoms with E-state index in [-0.39, 0.29) is 36.2 Å². The molecule has 0 spiro atoms. The number of hydrogen-bond acceptors (Lipinski definition) is 9. The van der Waals surface area contributed by atoms with Gasteiger partial charge in [-0.05, 0) is 50.6 Å². The van der Waals surface area contributed by atoms with Crippen LogP contribution >= 0.6 is 0 Å². The number of halogens is 1. The lowest BCUT2D eigenvalue weighted by Crippen LogP contribution is -2.62. The summed E-state index contributed by atoms with van der Waals surface area (Å²) in [7, 11) is 0. The summed E-state index contributed by atoms with van der Waals surface area (Å²) in [6.45, 7) is 5.01. The van der Waals surface area contributed by atoms with E-state index < -0.39 is 86.9 Å². The fourth-order valence-corrected chi connectivity index (χ4v) is 7.08. The maximum absolute atomic E-state index is 15.4. The second-order valence-electron chi connectivity index (χ2n) is 11.6. The van der Waals surface area contributed by atoms with E-state index >= 15 is 4.39 Å². The Morgan fingerprint density at radius 3 is 2.49 bits per heavy atom. The number of amides is 2. The molecule has 2 fully saturated rings. The van der Waals surface area contributed by atoms with Crippen molar-refractivity contribution >= 4 is 34.8 Å². The molecule has 0 radical (unpaired) electrons. The fraction of sp³-hybridized carbons (Fsp3) is 0.517. The number of fused-ring (bicyclic) bond motifs is 3. The number of aromatic hydroxyl groups is 1. The van der Waals surface area contributed by atoms with Crippen molar-refractivity contribution in [3.05, 3.63) is 39.9 Å². The molecular formula is C29H34FN3O8. The number of nitrogens with zero attached hydrogens (tertiary/aromatic N) is 1. The van der Waals surface area contributed by atoms with Gasteiger partial charge in [-0.15, -0.1) is 0 Å². The van der Waals surface area contributed by atoms with Crippen LogP contribution < -0.4 is 11.1 Å². The summed E-state index contributed by atoms with van der Waals surface area (Å²) in [5.41, 5.74) is 0.578. The first kappa shape index (κ1) is 28.7. The average Bonchev–Trinajstić information content (AvgIpc) is 3.41. The zero-order chi connectivity index (χ0) is 30.0. The highest BCUT2D eigenvalue weighted by Gasteiger charge is 2.64. The number of ketones is 2. The first-order valence-corrected chi connectivity index (χ1v) is 13.9. The molecule has 1 saturated heterocycles. The molecule has 0 aromatic heterocycles. The Morgan fingerprint density at radius 2 is 1.88 bits per heavy atom. The lowest BCUT2D eigenvalue weighted by Gasteiger charge is -2.50. The van der Waals surface area contributed by atoms with Crippen LogP contribution in [-0.2, 0) is 25.6 Å². The first-order chi connectivity index (χ1) is 19.3. The van der Waals surface area contributed by atoms with Gasteiger partial charge in [0, 0.05) is 29.0 Å². The molecule has 0 bridgehead atoms. The molecule has 1 aliphatic heterocycles. The topological polar surface area (TPSA) is 190 Å². The largest absolute Gasteiger partial charge is 0.508 e. The minimum absolute atomic E-state index is 0.0318. The Bertz CT molecular complexity index is 1430. The van der Waals surface area contributed by atoms with Crippen LogP contribution in [0.15, 0.2) is 23.0 Å². The van der Waals surface area contributed by atoms with Crippen molar-refractivity contribution in [1.82, 2.24) is 4.90 Å². The number of phenols is 1. The Hall–Kier alpha value is -3.77. The number of nitrogens with two attached hydrogens (primary N) is 1. The van der Waals surface area contributed by atoms with Crippen LogP contribution in [0.5, 0.6) is 5.75 Å². The van der Waals surface area contributed by atoms with Crippen molar-refractivity contribution < 1.29 is 44.0 Å². The summed E-state index contributed by atoms with van der Waals surface area (Å²) in [5, 5.41) is 47.5. The number of aliphatic hydroxyl groups is 3. The van der Waals surface area contributed by atoms with Crippen LogP contribution in [-0.4, -0.2) is 73.9 Å². The monoisotopic (exact) mass is 571 g/mol. The van der Waals surface area contributed by atoms with E-state index in [2.05, 4.69) is 5.32 Å². The van der Waals surface area contributed by atoms with Crippen molar-refractivity contribution in [3.8, 4) is 5.75 Å². The second-order valence-corrected chi connectivity index (χ2v) is 11.6. The maximum Gasteiger partial charge on any atom is 0.255 e. The molecule has 12 heteroatoms. The van der Waals surface area contributed by atoms with Gasteiger partial charge in [-0.3, -0.25) is 24.1 Å². The number of carbonyl (C=O) groups excluding carboxylic acids is 4. The SMILES string of the molecule is CCC(C)[C@@H]1C(=O)C(C(N)=O)=C(O)[C@@]2(O)C(=O)C3=C(O)c4c(O)c(NC(=O)CN5CCCC5)cc(F)c4C[C@H]3C[C@@H]12. The Kier molecular flexibility index (Phi) is 7.19. The number of phenolic OH excluding ortho intramolecular Hbond substituents is 1. The van der Waals surface area contributed by atoms with E-state index in [1.807, 2.05) is 4.90 Å². The third kappa shape index (κ3) is 4.31. The van der Waals surface area contributed by atoms with Crippen LogP contribution in [0.1, 0.15) is 50.7 Å². The van der Waals surface area contributed by atoms with Gasteiger partial charge in [0.1, 0.15) is 22.9 Å². The van der Waals surface area contributed by atoms with Gasteiger partial charge >= 0.3 is 0 Å². The summed E-state index contributed by atoms with van der Waals surface area (Å²) in [5.74, 6) is -10.7. The summed E-state index contributed by atoms with van der Waals surface area (Å²) in [6.07, 6.45) is 2.08. The highest BCUT2D eigenvalue weighted by Crippen LogP contribution is 2.55. The molecule has 1 saturated carbocycles. The second kappa shape index (κ2) is 10.3. The van der Waals surface area contributed by atoms with Crippen molar-refractivity contribution in [3.63, 3.8) is 0 Å². The van der Waals surface area contributed by atoms with E-state index in [0.29, 0.717) is 6.42 Å². The van der Waals surface area contributed by atoms with E-state index in [1.54, 1.807) is 13.8 Å². The minimum Gasteiger partial charge on any atom is -0.508 e. The van der Waals surface area contributed by atoms with Gasteiger partial charge in [-0.1, -0.05) is 20.3 Å². The first-order valence-electron chi connectivity index (χ1n) is 13.9. The molecule has 5 atom stereocenters. The Balaban J connectivity index is 1.60. The number of carbonyl (C=O) groups is 4. The quantitative estimate of drug-likeness (QED) is 0.219. The normalized spacial score (nSPS) is 28.7. The lowest BCUT2D eigenvalue weighted by atomic mass is 9.54. The molecule has 41 heavy (non-hydrogen) atoms. The molecule has 1 aromatic carbocycles. The van der Waals surface area contributed by atoms with Gasteiger partial charge in [-0.25, -0.2) is 4.39 Å². The van der Waals surface area contributed by atoms with Crippen LogP contribution in [0.4, 0.5) is 10.1 Å². The molecule has 5 rings (SSSR count). The van der Waals surface area contributed by atoms with Gasteiger partial charge in [-0.2, -0.15) is 0 Å². The van der Waals surface area contributed by atoms with Crippen molar-refractivity contribution in [2.45, 2.75) is 51.6 Å². The number of nitrogens with one attached hydrogen (secondary N) is 1. The molecule has 7 N–H and O–H groups in total. The standard InChI is InChI=1S/C29H34FN3O8/c1-3-12(2)19-15-9-13-8-14-16(30)10-17(32-18(34)11-33-6-4-5-7-33)23(35)21(14)25(37)20(13)26(38)29(15,41)27(39)22(24(19)36)28(31)40/h10,12-13,15,19,35,37,39,41H,3-9,11H2,1-2H3,(H2,31,40)(H,32,34)/t12?,13-,15-,19-,29-/m0/s1. The zero-order valence-electron chi connectivity index (χ0n) is 22.9. The number of aliphatic hydroxyl groups excluding tert-OH is 2. The number of anilines is 1. The Labute approximate surface area is 235 Å². The van der Waals surface area contributed by atoms with Crippen LogP contribution in [0.3, 0.4) is 0 Å². The smallest absolute Gasteiger partial charge is 0.255 e. The molecule has 1 heterocycles. The molecule has 1 unspecified atom stereocenters. The molecular weight excluding hydrogens is 537 g/mol. The molecule has 4 aliphatic rings. The predicted molar refractivity (Wildman–Crippen MR) is 144 cm³/mol. The third-order valence-corrected chi connectivity index (χ3v) is 9.29. The van der Waals surface area contributed by atoms with Crippen LogP contribution in [0, 0.1) is 29.5 Å². The van der Waals surface area contributed by atoms with E-state index in [0.717, 1.165) is 32.0 Å². The Morgan fingerprint density at radius 1 is 1.22 bits per heavy atom. The number of primary amides is 1. The van der Waals surface area contributed by atoms with E-state index in [4.69, 9.17) is 5.73 Å². The predicted octanol–water partition coefficient (Wildman–Crippen LogP) is 1.87. The van der Waals surface area contributed by atoms with Gasteiger partial charge in [0.2, 0.25) is 11.7 Å². The van der Waals surface area contributed by atoms with Gasteiger partial charge < -0.3 is 31.5 Å². The number of hydrogen-bond donors (Lipinski definition) is 6. The maximum atomic E-state index is 15.4.